The second-order valence-electron chi connectivity index (χ2n) is 4.16. The molecule has 1 aliphatic heterocycles. The van der Waals surface area contributed by atoms with Crippen molar-refractivity contribution in [3.05, 3.63) is 10.6 Å². The van der Waals surface area contributed by atoms with E-state index in [2.05, 4.69) is 10.2 Å². The predicted octanol–water partition coefficient (Wildman–Crippen LogP) is 0.538. The van der Waals surface area contributed by atoms with Crippen molar-refractivity contribution in [1.29, 1.82) is 0 Å². The van der Waals surface area contributed by atoms with Crippen molar-refractivity contribution in [2.75, 3.05) is 6.61 Å². The zero-order valence-corrected chi connectivity index (χ0v) is 10.3. The van der Waals surface area contributed by atoms with Gasteiger partial charge < -0.3 is 15.0 Å². The molecule has 7 heteroatoms. The zero-order valence-electron chi connectivity index (χ0n) is 9.52. The van der Waals surface area contributed by atoms with Gasteiger partial charge in [0.2, 0.25) is 5.91 Å². The third-order valence-corrected chi connectivity index (χ3v) is 3.15. The third kappa shape index (κ3) is 3.13. The van der Waals surface area contributed by atoms with Gasteiger partial charge in [-0.1, -0.05) is 0 Å². The Labute approximate surface area is 104 Å². The quantitative estimate of drug-likeness (QED) is 0.753. The number of rotatable bonds is 5. The fraction of sp³-hybridized carbons (Fsp3) is 0.700. The van der Waals surface area contributed by atoms with Crippen LogP contribution in [0.5, 0.6) is 0 Å². The molecule has 2 rings (SSSR count). The van der Waals surface area contributed by atoms with Crippen LogP contribution in [0, 0.1) is 4.77 Å². The lowest BCUT2D eigenvalue weighted by atomic mass is 10.2. The summed E-state index contributed by atoms with van der Waals surface area (Å²) >= 11 is 5.16. The minimum atomic E-state index is -0.331. The summed E-state index contributed by atoms with van der Waals surface area (Å²) in [6.07, 6.45) is 3.13. The van der Waals surface area contributed by atoms with Crippen molar-refractivity contribution in [2.45, 2.75) is 38.3 Å². The molecule has 0 spiro atoms. The van der Waals surface area contributed by atoms with Crippen LogP contribution in [0.2, 0.25) is 0 Å². The van der Waals surface area contributed by atoms with Crippen molar-refractivity contribution < 1.29 is 9.53 Å². The number of aryl methyl sites for hydroxylation is 1. The number of nitrogens with zero attached hydrogens (tertiary/aromatic N) is 2. The summed E-state index contributed by atoms with van der Waals surface area (Å²) in [4.78, 5) is 10.8. The summed E-state index contributed by atoms with van der Waals surface area (Å²) in [5, 5.41) is 6.86. The van der Waals surface area contributed by atoms with Crippen LogP contribution in [-0.2, 0) is 22.5 Å². The number of carbonyl (C=O) groups is 1. The first-order chi connectivity index (χ1) is 8.16. The van der Waals surface area contributed by atoms with Crippen molar-refractivity contribution in [2.24, 2.45) is 5.73 Å². The average Bonchev–Trinajstić information content (AvgIpc) is 2.89. The molecule has 1 fully saturated rings. The van der Waals surface area contributed by atoms with E-state index in [4.69, 9.17) is 22.7 Å². The molecular formula is C10H16N4O2S. The number of hydrogen-bond acceptors (Lipinski definition) is 4. The van der Waals surface area contributed by atoms with Crippen LogP contribution in [0.1, 0.15) is 25.1 Å². The largest absolute Gasteiger partial charge is 0.376 e. The Kier molecular flexibility index (Phi) is 3.90. The topological polar surface area (TPSA) is 85.9 Å². The fourth-order valence-corrected chi connectivity index (χ4v) is 2.18. The van der Waals surface area contributed by atoms with Gasteiger partial charge >= 0.3 is 0 Å². The molecule has 1 atom stereocenters. The molecular weight excluding hydrogens is 240 g/mol. The number of amides is 1. The number of primary amides is 1. The number of carbonyl (C=O) groups excluding carboxylic acids is 1. The van der Waals surface area contributed by atoms with E-state index in [9.17, 15) is 4.79 Å². The summed E-state index contributed by atoms with van der Waals surface area (Å²) in [5.41, 5.74) is 5.12. The number of hydrogen-bond donors (Lipinski definition) is 2. The molecule has 6 nitrogen and oxygen atoms in total. The molecule has 0 aromatic carbocycles. The first kappa shape index (κ1) is 12.3. The molecule has 1 aliphatic rings. The molecule has 1 aromatic heterocycles. The second-order valence-corrected chi connectivity index (χ2v) is 4.54. The van der Waals surface area contributed by atoms with E-state index in [0.717, 1.165) is 25.3 Å². The maximum absolute atomic E-state index is 10.8. The number of aromatic amines is 1. The van der Waals surface area contributed by atoms with Gasteiger partial charge in [0.05, 0.1) is 12.6 Å². The fourth-order valence-electron chi connectivity index (χ4n) is 1.96. The van der Waals surface area contributed by atoms with Crippen LogP contribution in [0.25, 0.3) is 0 Å². The molecule has 1 amide bonds. The maximum Gasteiger partial charge on any atom is 0.217 e. The van der Waals surface area contributed by atoms with Crippen molar-refractivity contribution >= 4 is 18.1 Å². The first-order valence-corrected chi connectivity index (χ1v) is 6.11. The zero-order chi connectivity index (χ0) is 12.3. The van der Waals surface area contributed by atoms with Crippen molar-refractivity contribution in [3.63, 3.8) is 0 Å². The molecule has 1 unspecified atom stereocenters. The Morgan fingerprint density at radius 2 is 2.53 bits per heavy atom. The van der Waals surface area contributed by atoms with Crippen LogP contribution in [0.15, 0.2) is 0 Å². The number of ether oxygens (including phenoxy) is 1. The maximum atomic E-state index is 10.8. The van der Waals surface area contributed by atoms with Crippen molar-refractivity contribution in [1.82, 2.24) is 14.8 Å². The summed E-state index contributed by atoms with van der Waals surface area (Å²) in [6, 6.07) is 0. The Morgan fingerprint density at radius 1 is 1.71 bits per heavy atom. The van der Waals surface area contributed by atoms with Gasteiger partial charge in [-0.05, 0) is 25.1 Å². The minimum absolute atomic E-state index is 0.201. The Bertz CT molecular complexity index is 447. The highest BCUT2D eigenvalue weighted by Crippen LogP contribution is 2.15. The lowest BCUT2D eigenvalue weighted by Gasteiger charge is -2.11. The lowest BCUT2D eigenvalue weighted by Crippen LogP contribution is -2.18. The molecule has 1 saturated heterocycles. The van der Waals surface area contributed by atoms with Crippen LogP contribution < -0.4 is 5.73 Å². The van der Waals surface area contributed by atoms with E-state index in [-0.39, 0.29) is 18.4 Å². The van der Waals surface area contributed by atoms with Gasteiger partial charge in [0, 0.05) is 19.4 Å². The standard InChI is InChI=1S/C10H16N4O2S/c11-8(15)3-4-9-12-13-10(17)14(9)6-7-2-1-5-16-7/h7H,1-6H2,(H2,11,15)(H,13,17). The Morgan fingerprint density at radius 3 is 3.18 bits per heavy atom. The summed E-state index contributed by atoms with van der Waals surface area (Å²) < 4.78 is 8.03. The molecule has 0 radical (unpaired) electrons. The summed E-state index contributed by atoms with van der Waals surface area (Å²) in [6.45, 7) is 1.51. The Balaban J connectivity index is 2.05. The van der Waals surface area contributed by atoms with Crippen molar-refractivity contribution in [3.8, 4) is 0 Å². The normalized spacial score (nSPS) is 19.6. The molecule has 17 heavy (non-hydrogen) atoms. The van der Waals surface area contributed by atoms with Gasteiger partial charge in [-0.3, -0.25) is 9.89 Å². The highest BCUT2D eigenvalue weighted by Gasteiger charge is 2.18. The van der Waals surface area contributed by atoms with E-state index in [0.29, 0.717) is 17.7 Å². The predicted molar refractivity (Wildman–Crippen MR) is 63.9 cm³/mol. The van der Waals surface area contributed by atoms with E-state index in [1.165, 1.54) is 0 Å². The molecule has 3 N–H and O–H groups in total. The van der Waals surface area contributed by atoms with Gasteiger partial charge in [0.25, 0.3) is 0 Å². The second kappa shape index (κ2) is 5.42. The number of H-pyrrole nitrogens is 1. The molecule has 1 aromatic rings. The lowest BCUT2D eigenvalue weighted by molar-refractivity contribution is -0.118. The van der Waals surface area contributed by atoms with Crippen LogP contribution in [0.3, 0.4) is 0 Å². The highest BCUT2D eigenvalue weighted by molar-refractivity contribution is 7.71. The number of nitrogens with one attached hydrogen (secondary N) is 1. The van der Waals surface area contributed by atoms with E-state index in [1.54, 1.807) is 0 Å². The van der Waals surface area contributed by atoms with Crippen LogP contribution >= 0.6 is 12.2 Å². The number of aromatic nitrogens is 3. The molecule has 0 aliphatic carbocycles. The monoisotopic (exact) mass is 256 g/mol. The van der Waals surface area contributed by atoms with Gasteiger partial charge in [-0.15, -0.1) is 0 Å². The Hall–Kier alpha value is -1.21. The summed E-state index contributed by atoms with van der Waals surface area (Å²) in [7, 11) is 0. The van der Waals surface area contributed by atoms with Crippen LogP contribution in [0.4, 0.5) is 0 Å². The smallest absolute Gasteiger partial charge is 0.217 e. The molecule has 94 valence electrons. The highest BCUT2D eigenvalue weighted by atomic mass is 32.1. The van der Waals surface area contributed by atoms with Gasteiger partial charge in [0.1, 0.15) is 5.82 Å². The van der Waals surface area contributed by atoms with Gasteiger partial charge in [-0.25, -0.2) is 0 Å². The molecule has 2 heterocycles. The van der Waals surface area contributed by atoms with E-state index < -0.39 is 0 Å². The number of nitrogens with two attached hydrogens (primary N) is 1. The van der Waals surface area contributed by atoms with Gasteiger partial charge in [0.15, 0.2) is 4.77 Å². The minimum Gasteiger partial charge on any atom is -0.376 e. The SMILES string of the molecule is NC(=O)CCc1n[nH]c(=S)n1CC1CCCO1. The first-order valence-electron chi connectivity index (χ1n) is 5.71. The molecule has 0 saturated carbocycles. The van der Waals surface area contributed by atoms with Gasteiger partial charge in [-0.2, -0.15) is 5.10 Å². The van der Waals surface area contributed by atoms with Crippen LogP contribution in [-0.4, -0.2) is 33.4 Å². The molecule has 0 bridgehead atoms. The van der Waals surface area contributed by atoms with E-state index in [1.807, 2.05) is 4.57 Å². The summed E-state index contributed by atoms with van der Waals surface area (Å²) in [5.74, 6) is 0.437. The third-order valence-electron chi connectivity index (χ3n) is 2.84. The van der Waals surface area contributed by atoms with E-state index >= 15 is 0 Å². The average molecular weight is 256 g/mol.